The molecular formula is C18H23NO5S. The molecule has 2 aliphatic rings. The van der Waals surface area contributed by atoms with Gasteiger partial charge in [0.25, 0.3) is 0 Å². The summed E-state index contributed by atoms with van der Waals surface area (Å²) in [6.07, 6.45) is 3.19. The number of carboxylic acid groups (broad SMARTS) is 1. The molecule has 0 aromatic heterocycles. The Morgan fingerprint density at radius 3 is 2.24 bits per heavy atom. The van der Waals surface area contributed by atoms with E-state index in [1.807, 2.05) is 30.3 Å². The van der Waals surface area contributed by atoms with Crippen LogP contribution in [0.1, 0.15) is 37.2 Å². The summed E-state index contributed by atoms with van der Waals surface area (Å²) in [6, 6.07) is 9.25. The number of aliphatic carboxylic acids is 1. The lowest BCUT2D eigenvalue weighted by Gasteiger charge is -2.30. The predicted molar refractivity (Wildman–Crippen MR) is 92.9 cm³/mol. The number of carboxylic acids is 1. The molecule has 3 rings (SSSR count). The minimum absolute atomic E-state index is 0.0605. The first-order chi connectivity index (χ1) is 11.8. The Morgan fingerprint density at radius 2 is 1.72 bits per heavy atom. The zero-order chi connectivity index (χ0) is 18.2. The maximum absolute atomic E-state index is 13.1. The van der Waals surface area contributed by atoms with Crippen LogP contribution in [0, 0.1) is 5.92 Å². The van der Waals surface area contributed by atoms with Gasteiger partial charge in [-0.25, -0.2) is 8.42 Å². The smallest absolute Gasteiger partial charge is 0.308 e. The zero-order valence-corrected chi connectivity index (χ0v) is 15.0. The van der Waals surface area contributed by atoms with Crippen molar-refractivity contribution < 1.29 is 23.1 Å². The van der Waals surface area contributed by atoms with E-state index < -0.39 is 32.4 Å². The first kappa shape index (κ1) is 17.9. The monoisotopic (exact) mass is 365 g/mol. The summed E-state index contributed by atoms with van der Waals surface area (Å²) in [7, 11) is -3.56. The molecule has 0 spiro atoms. The van der Waals surface area contributed by atoms with Crippen LogP contribution in [0.2, 0.25) is 0 Å². The average Bonchev–Trinajstić information content (AvgIpc) is 3.22. The lowest BCUT2D eigenvalue weighted by molar-refractivity contribution is -0.142. The van der Waals surface area contributed by atoms with Crippen LogP contribution in [0.15, 0.2) is 30.3 Å². The van der Waals surface area contributed by atoms with E-state index in [9.17, 15) is 23.1 Å². The Balaban J connectivity index is 1.91. The van der Waals surface area contributed by atoms with E-state index in [4.69, 9.17) is 0 Å². The lowest BCUT2D eigenvalue weighted by Crippen LogP contribution is -2.51. The molecule has 1 N–H and O–H groups in total. The molecule has 2 fully saturated rings. The van der Waals surface area contributed by atoms with Crippen molar-refractivity contribution in [1.29, 1.82) is 0 Å². The summed E-state index contributed by atoms with van der Waals surface area (Å²) >= 11 is 0. The molecule has 1 saturated carbocycles. The van der Waals surface area contributed by atoms with Crippen LogP contribution in [0.5, 0.6) is 0 Å². The summed E-state index contributed by atoms with van der Waals surface area (Å²) in [5.41, 5.74) is 0.866. The van der Waals surface area contributed by atoms with Gasteiger partial charge in [0.1, 0.15) is 0 Å². The van der Waals surface area contributed by atoms with Gasteiger partial charge in [0, 0.05) is 25.3 Å². The van der Waals surface area contributed by atoms with Gasteiger partial charge < -0.3 is 10.0 Å². The molecule has 7 heteroatoms. The van der Waals surface area contributed by atoms with E-state index in [1.165, 1.54) is 4.90 Å². The normalized spacial score (nSPS) is 25.9. The van der Waals surface area contributed by atoms with Crippen molar-refractivity contribution >= 4 is 21.7 Å². The number of sulfone groups is 1. The number of hydrogen-bond acceptors (Lipinski definition) is 4. The number of hydrogen-bond donors (Lipinski definition) is 1. The van der Waals surface area contributed by atoms with E-state index in [-0.39, 0.29) is 19.0 Å². The summed E-state index contributed by atoms with van der Waals surface area (Å²) in [5.74, 6) is -2.41. The van der Waals surface area contributed by atoms with E-state index in [2.05, 4.69) is 0 Å². The summed E-state index contributed by atoms with van der Waals surface area (Å²) in [4.78, 5) is 26.3. The maximum atomic E-state index is 13.1. The lowest BCUT2D eigenvalue weighted by atomic mass is 9.89. The number of rotatable bonds is 4. The summed E-state index contributed by atoms with van der Waals surface area (Å²) in [5, 5.41) is 9.58. The Kier molecular flexibility index (Phi) is 4.62. The zero-order valence-electron chi connectivity index (χ0n) is 14.2. The summed E-state index contributed by atoms with van der Waals surface area (Å²) < 4.78 is 23.3. The van der Waals surface area contributed by atoms with Crippen molar-refractivity contribution in [2.75, 3.05) is 19.3 Å². The molecule has 2 unspecified atom stereocenters. The Bertz CT molecular complexity index is 768. The molecule has 0 radical (unpaired) electrons. The maximum Gasteiger partial charge on any atom is 0.308 e. The van der Waals surface area contributed by atoms with Gasteiger partial charge in [-0.15, -0.1) is 0 Å². The average molecular weight is 365 g/mol. The Hall–Kier alpha value is -1.89. The van der Waals surface area contributed by atoms with E-state index in [0.29, 0.717) is 25.7 Å². The highest BCUT2D eigenvalue weighted by Gasteiger charge is 2.54. The minimum Gasteiger partial charge on any atom is -0.481 e. The van der Waals surface area contributed by atoms with Crippen LogP contribution in [0.3, 0.4) is 0 Å². The Labute approximate surface area is 147 Å². The van der Waals surface area contributed by atoms with Crippen LogP contribution >= 0.6 is 0 Å². The first-order valence-electron chi connectivity index (χ1n) is 8.53. The molecule has 2 atom stereocenters. The SMILES string of the molecule is CS(=O)(=O)C1(C(=O)N2CC(C(=O)O)C(c3ccccc3)C2)CCCC1. The molecule has 1 aromatic rings. The fourth-order valence-corrected chi connectivity index (χ4v) is 5.71. The highest BCUT2D eigenvalue weighted by atomic mass is 32.2. The van der Waals surface area contributed by atoms with Crippen molar-refractivity contribution in [3.05, 3.63) is 35.9 Å². The number of carbonyl (C=O) groups is 2. The second-order valence-electron chi connectivity index (χ2n) is 7.15. The topological polar surface area (TPSA) is 91.8 Å². The predicted octanol–water partition coefficient (Wildman–Crippen LogP) is 1.67. The van der Waals surface area contributed by atoms with Crippen LogP contribution in [0.25, 0.3) is 0 Å². The van der Waals surface area contributed by atoms with Gasteiger partial charge >= 0.3 is 5.97 Å². The first-order valence-corrected chi connectivity index (χ1v) is 10.4. The second-order valence-corrected chi connectivity index (χ2v) is 9.47. The fourth-order valence-electron chi connectivity index (χ4n) is 4.24. The molecule has 1 saturated heterocycles. The third-order valence-electron chi connectivity index (χ3n) is 5.66. The number of nitrogens with zero attached hydrogens (tertiary/aromatic N) is 1. The molecule has 1 aromatic carbocycles. The number of likely N-dealkylation sites (tertiary alicyclic amines) is 1. The molecule has 6 nitrogen and oxygen atoms in total. The largest absolute Gasteiger partial charge is 0.481 e. The number of carbonyl (C=O) groups excluding carboxylic acids is 1. The van der Waals surface area contributed by atoms with Crippen LogP contribution in [-0.2, 0) is 19.4 Å². The second kappa shape index (κ2) is 6.44. The van der Waals surface area contributed by atoms with Gasteiger partial charge in [-0.1, -0.05) is 43.2 Å². The molecular weight excluding hydrogens is 342 g/mol. The fraction of sp³-hybridized carbons (Fsp3) is 0.556. The molecule has 1 aliphatic carbocycles. The highest BCUT2D eigenvalue weighted by molar-refractivity contribution is 7.92. The third kappa shape index (κ3) is 3.05. The van der Waals surface area contributed by atoms with E-state index in [1.54, 1.807) is 0 Å². The molecule has 136 valence electrons. The van der Waals surface area contributed by atoms with Gasteiger partial charge in [-0.2, -0.15) is 0 Å². The van der Waals surface area contributed by atoms with Gasteiger partial charge in [-0.05, 0) is 18.4 Å². The van der Waals surface area contributed by atoms with Crippen molar-refractivity contribution in [3.8, 4) is 0 Å². The molecule has 25 heavy (non-hydrogen) atoms. The van der Waals surface area contributed by atoms with Crippen molar-refractivity contribution in [2.24, 2.45) is 5.92 Å². The molecule has 1 aliphatic heterocycles. The quantitative estimate of drug-likeness (QED) is 0.876. The van der Waals surface area contributed by atoms with Crippen molar-refractivity contribution in [3.63, 3.8) is 0 Å². The van der Waals surface area contributed by atoms with Gasteiger partial charge in [-0.3, -0.25) is 9.59 Å². The number of amides is 1. The van der Waals surface area contributed by atoms with Gasteiger partial charge in [0.15, 0.2) is 14.6 Å². The number of benzene rings is 1. The van der Waals surface area contributed by atoms with Crippen LogP contribution in [-0.4, -0.2) is 54.4 Å². The van der Waals surface area contributed by atoms with Crippen LogP contribution in [0.4, 0.5) is 0 Å². The molecule has 1 amide bonds. The standard InChI is InChI=1S/C18H23NO5S/c1-25(23,24)18(9-5-6-10-18)17(22)19-11-14(15(12-19)16(20)21)13-7-3-2-4-8-13/h2-4,7-8,14-15H,5-6,9-12H2,1H3,(H,20,21). The molecule has 1 heterocycles. The van der Waals surface area contributed by atoms with Crippen molar-refractivity contribution in [2.45, 2.75) is 36.3 Å². The third-order valence-corrected chi connectivity index (χ3v) is 7.67. The summed E-state index contributed by atoms with van der Waals surface area (Å²) in [6.45, 7) is 0.308. The highest BCUT2D eigenvalue weighted by Crippen LogP contribution is 2.41. The minimum atomic E-state index is -3.56. The van der Waals surface area contributed by atoms with Crippen LogP contribution < -0.4 is 0 Å². The van der Waals surface area contributed by atoms with Crippen molar-refractivity contribution in [1.82, 2.24) is 4.90 Å². The molecule has 0 bridgehead atoms. The Morgan fingerprint density at radius 1 is 1.12 bits per heavy atom. The van der Waals surface area contributed by atoms with Gasteiger partial charge in [0.2, 0.25) is 5.91 Å². The van der Waals surface area contributed by atoms with Gasteiger partial charge in [0.05, 0.1) is 5.92 Å². The van der Waals surface area contributed by atoms with E-state index in [0.717, 1.165) is 11.8 Å². The van der Waals surface area contributed by atoms with E-state index >= 15 is 0 Å².